The van der Waals surface area contributed by atoms with E-state index in [2.05, 4.69) is 27.4 Å². The van der Waals surface area contributed by atoms with Crippen LogP contribution in [0.1, 0.15) is 46.9 Å². The summed E-state index contributed by atoms with van der Waals surface area (Å²) in [6.07, 6.45) is 4.67. The number of piperazine rings is 1. The lowest BCUT2D eigenvalue weighted by atomic mass is 10.0. The molecule has 164 valence electrons. The number of aromatic nitrogens is 1. The van der Waals surface area contributed by atoms with Crippen molar-refractivity contribution < 1.29 is 14.0 Å². The summed E-state index contributed by atoms with van der Waals surface area (Å²) in [5.74, 6) is -0.652. The molecule has 0 radical (unpaired) electrons. The molecule has 1 atom stereocenters. The monoisotopic (exact) mass is 425 g/mol. The fraction of sp³-hybridized carbons (Fsp3) is 0.435. The summed E-state index contributed by atoms with van der Waals surface area (Å²) in [6, 6.07) is 7.69. The number of benzene rings is 1. The molecule has 2 fully saturated rings. The Kier molecular flexibility index (Phi) is 6.46. The number of carbonyl (C=O) groups excluding carboxylic acids is 2. The molecule has 8 heteroatoms. The van der Waals surface area contributed by atoms with E-state index in [1.165, 1.54) is 12.1 Å². The Bertz CT molecular complexity index is 961. The minimum Gasteiger partial charge on any atom is -0.352 e. The van der Waals surface area contributed by atoms with E-state index in [9.17, 15) is 14.0 Å². The summed E-state index contributed by atoms with van der Waals surface area (Å²) in [7, 11) is 0. The van der Waals surface area contributed by atoms with E-state index in [4.69, 9.17) is 0 Å². The molecular weight excluding hydrogens is 397 g/mol. The van der Waals surface area contributed by atoms with Crippen molar-refractivity contribution >= 4 is 23.3 Å². The number of halogens is 1. The normalized spacial score (nSPS) is 19.2. The van der Waals surface area contributed by atoms with Gasteiger partial charge in [0.25, 0.3) is 11.8 Å². The zero-order chi connectivity index (χ0) is 21.8. The van der Waals surface area contributed by atoms with Gasteiger partial charge < -0.3 is 20.4 Å². The molecule has 7 nitrogen and oxygen atoms in total. The van der Waals surface area contributed by atoms with E-state index >= 15 is 0 Å². The summed E-state index contributed by atoms with van der Waals surface area (Å²) < 4.78 is 14.1. The lowest BCUT2D eigenvalue weighted by Gasteiger charge is -2.34. The van der Waals surface area contributed by atoms with Crippen LogP contribution in [-0.4, -0.2) is 60.5 Å². The van der Waals surface area contributed by atoms with Gasteiger partial charge >= 0.3 is 0 Å². The van der Waals surface area contributed by atoms with Crippen molar-refractivity contribution in [3.63, 3.8) is 0 Å². The Balaban J connectivity index is 1.65. The Hall–Kier alpha value is -3.00. The minimum absolute atomic E-state index is 0.0462. The number of nitrogens with one attached hydrogen (secondary N) is 2. The molecule has 0 saturated carbocycles. The van der Waals surface area contributed by atoms with E-state index in [1.54, 1.807) is 24.4 Å². The first kappa shape index (κ1) is 21.2. The first-order chi connectivity index (χ1) is 15.0. The molecule has 1 aromatic heterocycles. The number of rotatable bonds is 4. The quantitative estimate of drug-likeness (QED) is 0.788. The van der Waals surface area contributed by atoms with Crippen molar-refractivity contribution in [1.82, 2.24) is 15.2 Å². The maximum Gasteiger partial charge on any atom is 0.258 e. The molecule has 1 aromatic carbocycles. The third-order valence-corrected chi connectivity index (χ3v) is 5.96. The Labute approximate surface area is 181 Å². The van der Waals surface area contributed by atoms with E-state index in [-0.39, 0.29) is 17.5 Å². The molecular formula is C23H28FN5O2. The number of amides is 2. The van der Waals surface area contributed by atoms with E-state index in [0.29, 0.717) is 17.1 Å². The summed E-state index contributed by atoms with van der Waals surface area (Å²) in [5, 5.41) is 6.09. The predicted octanol–water partition coefficient (Wildman–Crippen LogP) is 2.90. The van der Waals surface area contributed by atoms with Crippen molar-refractivity contribution in [3.05, 3.63) is 53.5 Å². The van der Waals surface area contributed by atoms with Crippen LogP contribution in [0, 0.1) is 5.82 Å². The van der Waals surface area contributed by atoms with Crippen molar-refractivity contribution in [2.75, 3.05) is 42.9 Å². The number of hydrogen-bond acceptors (Lipinski definition) is 5. The summed E-state index contributed by atoms with van der Waals surface area (Å²) >= 11 is 0. The first-order valence-corrected chi connectivity index (χ1v) is 10.9. The predicted molar refractivity (Wildman–Crippen MR) is 118 cm³/mol. The second kappa shape index (κ2) is 9.43. The average Bonchev–Trinajstić information content (AvgIpc) is 2.80. The molecule has 2 aromatic rings. The van der Waals surface area contributed by atoms with Crippen molar-refractivity contribution in [1.29, 1.82) is 0 Å². The van der Waals surface area contributed by atoms with Gasteiger partial charge in [0.15, 0.2) is 5.82 Å². The molecule has 2 aliphatic heterocycles. The Morgan fingerprint density at radius 3 is 2.68 bits per heavy atom. The highest BCUT2D eigenvalue weighted by molar-refractivity contribution is 6.06. The lowest BCUT2D eigenvalue weighted by Crippen LogP contribution is -2.44. The zero-order valence-corrected chi connectivity index (χ0v) is 17.7. The van der Waals surface area contributed by atoms with Crippen LogP contribution in [0.3, 0.4) is 0 Å². The van der Waals surface area contributed by atoms with Crippen LogP contribution in [0.15, 0.2) is 36.5 Å². The molecule has 0 aliphatic carbocycles. The Morgan fingerprint density at radius 1 is 1.16 bits per heavy atom. The fourth-order valence-electron chi connectivity index (χ4n) is 4.20. The van der Waals surface area contributed by atoms with Crippen LogP contribution < -0.4 is 15.5 Å². The second-order valence-electron chi connectivity index (χ2n) is 8.11. The SMILES string of the molecule is CC1CCCCN1C(=O)c1cnc(N2CCNCC2)c(NC(=O)c2ccccc2F)c1. The first-order valence-electron chi connectivity index (χ1n) is 10.9. The smallest absolute Gasteiger partial charge is 0.258 e. The number of hydrogen-bond donors (Lipinski definition) is 2. The van der Waals surface area contributed by atoms with Crippen molar-refractivity contribution in [2.24, 2.45) is 0 Å². The van der Waals surface area contributed by atoms with Crippen LogP contribution >= 0.6 is 0 Å². The molecule has 2 N–H and O–H groups in total. The van der Waals surface area contributed by atoms with Gasteiger partial charge in [0, 0.05) is 45.0 Å². The van der Waals surface area contributed by atoms with Gasteiger partial charge in [-0.1, -0.05) is 12.1 Å². The molecule has 31 heavy (non-hydrogen) atoms. The maximum absolute atomic E-state index is 14.1. The third kappa shape index (κ3) is 4.69. The summed E-state index contributed by atoms with van der Waals surface area (Å²) in [4.78, 5) is 34.4. The van der Waals surface area contributed by atoms with Gasteiger partial charge in [-0.3, -0.25) is 9.59 Å². The highest BCUT2D eigenvalue weighted by atomic mass is 19.1. The molecule has 2 amide bonds. The molecule has 4 rings (SSSR count). The van der Waals surface area contributed by atoms with Crippen LogP contribution in [0.4, 0.5) is 15.9 Å². The molecule has 2 aliphatic rings. The number of carbonyl (C=O) groups is 2. The van der Waals surface area contributed by atoms with Gasteiger partial charge in [0.05, 0.1) is 16.8 Å². The molecule has 1 unspecified atom stereocenters. The van der Waals surface area contributed by atoms with Gasteiger partial charge in [-0.25, -0.2) is 9.37 Å². The number of nitrogens with zero attached hydrogens (tertiary/aromatic N) is 3. The minimum atomic E-state index is -0.592. The van der Waals surface area contributed by atoms with Crippen LogP contribution in [0.25, 0.3) is 0 Å². The highest BCUT2D eigenvalue weighted by Crippen LogP contribution is 2.27. The largest absolute Gasteiger partial charge is 0.352 e. The third-order valence-electron chi connectivity index (χ3n) is 5.96. The van der Waals surface area contributed by atoms with Gasteiger partial charge in [0.2, 0.25) is 0 Å². The second-order valence-corrected chi connectivity index (χ2v) is 8.11. The number of anilines is 2. The number of likely N-dealkylation sites (tertiary alicyclic amines) is 1. The van der Waals surface area contributed by atoms with E-state index in [0.717, 1.165) is 52.0 Å². The molecule has 0 spiro atoms. The van der Waals surface area contributed by atoms with E-state index in [1.807, 2.05) is 4.90 Å². The molecule has 3 heterocycles. The van der Waals surface area contributed by atoms with Gasteiger partial charge in [-0.05, 0) is 44.4 Å². The average molecular weight is 426 g/mol. The van der Waals surface area contributed by atoms with Gasteiger partial charge in [0.1, 0.15) is 5.82 Å². The van der Waals surface area contributed by atoms with Crippen molar-refractivity contribution in [3.8, 4) is 0 Å². The fourth-order valence-corrected chi connectivity index (χ4v) is 4.20. The lowest BCUT2D eigenvalue weighted by molar-refractivity contribution is 0.0635. The van der Waals surface area contributed by atoms with Gasteiger partial charge in [-0.15, -0.1) is 0 Å². The number of pyridine rings is 1. The summed E-state index contributed by atoms with van der Waals surface area (Å²) in [6.45, 7) is 5.83. The highest BCUT2D eigenvalue weighted by Gasteiger charge is 2.26. The van der Waals surface area contributed by atoms with Gasteiger partial charge in [-0.2, -0.15) is 0 Å². The van der Waals surface area contributed by atoms with E-state index < -0.39 is 11.7 Å². The van der Waals surface area contributed by atoms with Crippen molar-refractivity contribution in [2.45, 2.75) is 32.2 Å². The zero-order valence-electron chi connectivity index (χ0n) is 17.7. The topological polar surface area (TPSA) is 77.6 Å². The molecule has 2 saturated heterocycles. The van der Waals surface area contributed by atoms with Crippen LogP contribution in [0.5, 0.6) is 0 Å². The molecule has 0 bridgehead atoms. The Morgan fingerprint density at radius 2 is 1.94 bits per heavy atom. The van der Waals surface area contributed by atoms with Crippen LogP contribution in [-0.2, 0) is 0 Å². The van der Waals surface area contributed by atoms with Crippen LogP contribution in [0.2, 0.25) is 0 Å². The standard InChI is InChI=1S/C23H28FN5O2/c1-16-6-4-5-11-29(16)23(31)17-14-20(21(26-15-17)28-12-9-25-10-13-28)27-22(30)18-7-2-3-8-19(18)24/h2-3,7-8,14-16,25H,4-6,9-13H2,1H3,(H,27,30). The maximum atomic E-state index is 14.1. The number of piperidine rings is 1. The summed E-state index contributed by atoms with van der Waals surface area (Å²) in [5.41, 5.74) is 0.803.